The van der Waals surface area contributed by atoms with Crippen molar-refractivity contribution < 1.29 is 5.21 Å². The van der Waals surface area contributed by atoms with Crippen LogP contribution in [0.15, 0.2) is 29.7 Å². The standard InChI is InChI=1S/C17H17N7O/c1-10-21-15-8-19-17-14(4-5-18-17)16(15)24(10)13-3-2-12-6-11(7-20-25)22-23(12)9-13/h4-8,13,25H,2-3,9H2,1H3,(H,18,19)/b20-7+. The van der Waals surface area contributed by atoms with Crippen molar-refractivity contribution in [2.75, 3.05) is 0 Å². The van der Waals surface area contributed by atoms with Crippen molar-refractivity contribution in [3.8, 4) is 0 Å². The van der Waals surface area contributed by atoms with Gasteiger partial charge in [-0.05, 0) is 31.9 Å². The van der Waals surface area contributed by atoms with Gasteiger partial charge in [-0.3, -0.25) is 4.68 Å². The van der Waals surface area contributed by atoms with Gasteiger partial charge in [0.05, 0.1) is 30.5 Å². The molecule has 0 aromatic carbocycles. The molecule has 0 radical (unpaired) electrons. The van der Waals surface area contributed by atoms with Gasteiger partial charge in [0.1, 0.15) is 22.7 Å². The summed E-state index contributed by atoms with van der Waals surface area (Å²) in [5, 5.41) is 17.4. The van der Waals surface area contributed by atoms with Crippen LogP contribution in [0.25, 0.3) is 22.1 Å². The molecule has 5 rings (SSSR count). The Morgan fingerprint density at radius 3 is 3.24 bits per heavy atom. The number of hydrogen-bond donors (Lipinski definition) is 2. The second-order valence-electron chi connectivity index (χ2n) is 6.44. The van der Waals surface area contributed by atoms with Gasteiger partial charge in [0.15, 0.2) is 0 Å². The van der Waals surface area contributed by atoms with E-state index < -0.39 is 0 Å². The molecule has 0 fully saturated rings. The van der Waals surface area contributed by atoms with Gasteiger partial charge in [0, 0.05) is 17.3 Å². The molecule has 1 unspecified atom stereocenters. The lowest BCUT2D eigenvalue weighted by atomic mass is 10.0. The second kappa shape index (κ2) is 5.17. The molecule has 2 N–H and O–H groups in total. The zero-order valence-electron chi connectivity index (χ0n) is 13.7. The van der Waals surface area contributed by atoms with Gasteiger partial charge in [0.25, 0.3) is 0 Å². The van der Waals surface area contributed by atoms with Crippen LogP contribution in [0.3, 0.4) is 0 Å². The van der Waals surface area contributed by atoms with Crippen LogP contribution in [0.2, 0.25) is 0 Å². The Morgan fingerprint density at radius 1 is 1.44 bits per heavy atom. The van der Waals surface area contributed by atoms with Crippen molar-refractivity contribution in [3.05, 3.63) is 41.7 Å². The highest BCUT2D eigenvalue weighted by atomic mass is 16.4. The van der Waals surface area contributed by atoms with Crippen molar-refractivity contribution in [2.24, 2.45) is 5.16 Å². The number of oxime groups is 1. The Morgan fingerprint density at radius 2 is 2.36 bits per heavy atom. The summed E-state index contributed by atoms with van der Waals surface area (Å²) in [7, 11) is 0. The maximum absolute atomic E-state index is 8.72. The minimum Gasteiger partial charge on any atom is -0.411 e. The van der Waals surface area contributed by atoms with Gasteiger partial charge >= 0.3 is 0 Å². The number of hydrogen-bond acceptors (Lipinski definition) is 5. The van der Waals surface area contributed by atoms with Gasteiger partial charge in [0.2, 0.25) is 0 Å². The van der Waals surface area contributed by atoms with Gasteiger partial charge in [-0.1, -0.05) is 5.16 Å². The van der Waals surface area contributed by atoms with Crippen molar-refractivity contribution in [1.29, 1.82) is 0 Å². The molecule has 0 bridgehead atoms. The molecule has 5 heterocycles. The first-order valence-corrected chi connectivity index (χ1v) is 8.29. The van der Waals surface area contributed by atoms with Crippen LogP contribution in [0, 0.1) is 6.92 Å². The van der Waals surface area contributed by atoms with E-state index in [2.05, 4.69) is 30.9 Å². The number of aryl methyl sites for hydroxylation is 2. The summed E-state index contributed by atoms with van der Waals surface area (Å²) >= 11 is 0. The van der Waals surface area contributed by atoms with E-state index in [1.54, 1.807) is 0 Å². The van der Waals surface area contributed by atoms with Gasteiger partial charge in [-0.25, -0.2) is 9.97 Å². The zero-order chi connectivity index (χ0) is 17.0. The molecule has 8 heteroatoms. The molecule has 0 spiro atoms. The Labute approximate surface area is 142 Å². The van der Waals surface area contributed by atoms with Crippen molar-refractivity contribution >= 4 is 28.3 Å². The van der Waals surface area contributed by atoms with E-state index in [1.807, 2.05) is 30.1 Å². The summed E-state index contributed by atoms with van der Waals surface area (Å²) in [6.07, 6.45) is 7.05. The molecule has 4 aromatic heterocycles. The number of pyridine rings is 1. The van der Waals surface area contributed by atoms with E-state index in [0.29, 0.717) is 5.69 Å². The molecule has 1 aliphatic heterocycles. The normalized spacial score (nSPS) is 17.7. The lowest BCUT2D eigenvalue weighted by Gasteiger charge is -2.26. The van der Waals surface area contributed by atoms with E-state index in [4.69, 9.17) is 10.2 Å². The number of fused-ring (bicyclic) bond motifs is 4. The average molecular weight is 335 g/mol. The van der Waals surface area contributed by atoms with Crippen LogP contribution >= 0.6 is 0 Å². The van der Waals surface area contributed by atoms with Gasteiger partial charge in [-0.2, -0.15) is 5.10 Å². The second-order valence-corrected chi connectivity index (χ2v) is 6.44. The maximum Gasteiger partial charge on any atom is 0.139 e. The first kappa shape index (κ1) is 14.2. The lowest BCUT2D eigenvalue weighted by molar-refractivity contribution is 0.321. The van der Waals surface area contributed by atoms with Crippen LogP contribution < -0.4 is 0 Å². The molecule has 8 nitrogen and oxygen atoms in total. The highest BCUT2D eigenvalue weighted by Crippen LogP contribution is 2.32. The molecule has 0 saturated carbocycles. The molecule has 25 heavy (non-hydrogen) atoms. The third-order valence-electron chi connectivity index (χ3n) is 4.97. The number of nitrogens with zero attached hydrogens (tertiary/aromatic N) is 6. The molecule has 126 valence electrons. The zero-order valence-corrected chi connectivity index (χ0v) is 13.7. The Bertz CT molecular complexity index is 1120. The largest absolute Gasteiger partial charge is 0.411 e. The Hall–Kier alpha value is -3.16. The van der Waals surface area contributed by atoms with Crippen LogP contribution in [0.5, 0.6) is 0 Å². The van der Waals surface area contributed by atoms with Crippen LogP contribution in [0.1, 0.15) is 29.7 Å². The fourth-order valence-corrected chi connectivity index (χ4v) is 3.93. The first-order valence-electron chi connectivity index (χ1n) is 8.29. The molecule has 1 aliphatic rings. The number of H-pyrrole nitrogens is 1. The van der Waals surface area contributed by atoms with E-state index in [-0.39, 0.29) is 6.04 Å². The Balaban J connectivity index is 1.63. The average Bonchev–Trinajstić information content (AvgIpc) is 3.28. The van der Waals surface area contributed by atoms with Crippen molar-refractivity contribution in [3.63, 3.8) is 0 Å². The Kier molecular flexibility index (Phi) is 2.94. The highest BCUT2D eigenvalue weighted by Gasteiger charge is 2.25. The summed E-state index contributed by atoms with van der Waals surface area (Å²) in [6.45, 7) is 2.82. The van der Waals surface area contributed by atoms with E-state index in [1.165, 1.54) is 11.9 Å². The van der Waals surface area contributed by atoms with E-state index >= 15 is 0 Å². The molecular weight excluding hydrogens is 318 g/mol. The SMILES string of the molecule is Cc1nc2cnc3[nH]ccc3c2n1C1CCc2cc(/C=N/O)nn2C1. The summed E-state index contributed by atoms with van der Waals surface area (Å²) in [4.78, 5) is 12.3. The van der Waals surface area contributed by atoms with Gasteiger partial charge < -0.3 is 14.8 Å². The predicted molar refractivity (Wildman–Crippen MR) is 93.1 cm³/mol. The minimum atomic E-state index is 0.275. The number of aromatic amines is 1. The topological polar surface area (TPSA) is 96.9 Å². The molecule has 0 aliphatic carbocycles. The molecule has 4 aromatic rings. The van der Waals surface area contributed by atoms with Crippen molar-refractivity contribution in [1.82, 2.24) is 29.3 Å². The number of aromatic nitrogens is 6. The van der Waals surface area contributed by atoms with Crippen molar-refractivity contribution in [2.45, 2.75) is 32.4 Å². The molecule has 0 saturated heterocycles. The number of nitrogens with one attached hydrogen (secondary N) is 1. The molecular formula is C17H17N7O. The predicted octanol–water partition coefficient (Wildman–Crippen LogP) is 2.41. The van der Waals surface area contributed by atoms with Crippen LogP contribution in [-0.2, 0) is 13.0 Å². The summed E-state index contributed by atoms with van der Waals surface area (Å²) in [6, 6.07) is 4.31. The number of rotatable bonds is 2. The number of imidazole rings is 1. The molecule has 1 atom stereocenters. The van der Waals surface area contributed by atoms with E-state index in [0.717, 1.165) is 47.3 Å². The summed E-state index contributed by atoms with van der Waals surface area (Å²) < 4.78 is 4.32. The van der Waals surface area contributed by atoms with Crippen LogP contribution in [0.4, 0.5) is 0 Å². The monoisotopic (exact) mass is 335 g/mol. The minimum absolute atomic E-state index is 0.275. The van der Waals surface area contributed by atoms with E-state index in [9.17, 15) is 0 Å². The smallest absolute Gasteiger partial charge is 0.139 e. The summed E-state index contributed by atoms with van der Waals surface area (Å²) in [5.74, 6) is 0.989. The quantitative estimate of drug-likeness (QED) is 0.334. The van der Waals surface area contributed by atoms with Gasteiger partial charge in [-0.15, -0.1) is 0 Å². The highest BCUT2D eigenvalue weighted by molar-refractivity contribution is 6.01. The third kappa shape index (κ3) is 2.07. The fourth-order valence-electron chi connectivity index (χ4n) is 3.93. The third-order valence-corrected chi connectivity index (χ3v) is 4.97. The fraction of sp³-hybridized carbons (Fsp3) is 0.294. The molecule has 0 amide bonds. The maximum atomic E-state index is 8.72. The summed E-state index contributed by atoms with van der Waals surface area (Å²) in [5.41, 5.74) is 4.78. The van der Waals surface area contributed by atoms with Crippen LogP contribution in [-0.4, -0.2) is 40.7 Å². The lowest BCUT2D eigenvalue weighted by Crippen LogP contribution is -2.24. The first-order chi connectivity index (χ1) is 12.2.